The van der Waals surface area contributed by atoms with E-state index >= 15 is 0 Å². The number of nitrogens with zero attached hydrogens (tertiary/aromatic N) is 1. The molecule has 2 nitrogen and oxygen atoms in total. The second-order valence-corrected chi connectivity index (χ2v) is 4.20. The Balaban J connectivity index is 2.46. The van der Waals surface area contributed by atoms with Crippen LogP contribution in [0.4, 0.5) is 0 Å². The van der Waals surface area contributed by atoms with Gasteiger partial charge >= 0.3 is 0 Å². The largest absolute Gasteiger partial charge is 0.497 e. The Morgan fingerprint density at radius 2 is 1.76 bits per heavy atom. The van der Waals surface area contributed by atoms with E-state index in [0.717, 1.165) is 32.6 Å². The molecule has 0 aliphatic rings. The quantitative estimate of drug-likeness (QED) is 0.602. The number of aromatic nitrogens is 1. The molecule has 0 aliphatic carbocycles. The van der Waals surface area contributed by atoms with Crippen LogP contribution in [0.25, 0.3) is 21.8 Å². The van der Waals surface area contributed by atoms with Gasteiger partial charge in [-0.15, -0.1) is 0 Å². The van der Waals surface area contributed by atoms with E-state index in [0.29, 0.717) is 0 Å². The molecule has 3 aromatic rings. The molecule has 84 valence electrons. The Morgan fingerprint density at radius 3 is 2.59 bits per heavy atom. The fourth-order valence-corrected chi connectivity index (χ4v) is 2.26. The van der Waals surface area contributed by atoms with Gasteiger partial charge in [-0.3, -0.25) is 0 Å². The molecule has 1 heterocycles. The van der Waals surface area contributed by atoms with E-state index in [2.05, 4.69) is 4.98 Å². The average Bonchev–Trinajstić information content (AvgIpc) is 2.39. The lowest BCUT2D eigenvalue weighted by Crippen LogP contribution is -1.87. The standard InChI is InChI=1S/C14H10ClNO/c1-17-9-6-7-13-11(8-9)14(15)10-4-2-3-5-12(10)16-13/h2-8H,1H3. The maximum atomic E-state index is 6.41. The monoisotopic (exact) mass is 243 g/mol. The van der Waals surface area contributed by atoms with Gasteiger partial charge in [0.05, 0.1) is 23.2 Å². The highest BCUT2D eigenvalue weighted by molar-refractivity contribution is 6.40. The molecule has 1 aromatic heterocycles. The van der Waals surface area contributed by atoms with Gasteiger partial charge in [0.1, 0.15) is 5.75 Å². The number of para-hydroxylation sites is 1. The first kappa shape index (κ1) is 10.4. The molecule has 0 fully saturated rings. The summed E-state index contributed by atoms with van der Waals surface area (Å²) in [4.78, 5) is 4.57. The molecular weight excluding hydrogens is 234 g/mol. The summed E-state index contributed by atoms with van der Waals surface area (Å²) < 4.78 is 5.20. The second-order valence-electron chi connectivity index (χ2n) is 3.83. The van der Waals surface area contributed by atoms with Crippen molar-refractivity contribution >= 4 is 33.4 Å². The molecule has 0 aliphatic heterocycles. The van der Waals surface area contributed by atoms with Gasteiger partial charge in [0.2, 0.25) is 0 Å². The first-order valence-corrected chi connectivity index (χ1v) is 5.69. The predicted molar refractivity (Wildman–Crippen MR) is 70.8 cm³/mol. The van der Waals surface area contributed by atoms with Gasteiger partial charge in [-0.1, -0.05) is 29.8 Å². The van der Waals surface area contributed by atoms with Crippen molar-refractivity contribution in [3.63, 3.8) is 0 Å². The first-order chi connectivity index (χ1) is 8.29. The second kappa shape index (κ2) is 3.90. The van der Waals surface area contributed by atoms with E-state index in [9.17, 15) is 0 Å². The topological polar surface area (TPSA) is 22.1 Å². The van der Waals surface area contributed by atoms with Crippen molar-refractivity contribution in [3.05, 3.63) is 47.5 Å². The summed E-state index contributed by atoms with van der Waals surface area (Å²) in [5.74, 6) is 0.788. The van der Waals surface area contributed by atoms with Crippen LogP contribution in [-0.4, -0.2) is 12.1 Å². The molecule has 0 atom stereocenters. The number of methoxy groups -OCH3 is 1. The van der Waals surface area contributed by atoms with Crippen molar-refractivity contribution in [3.8, 4) is 5.75 Å². The molecule has 0 bridgehead atoms. The van der Waals surface area contributed by atoms with Crippen LogP contribution in [0.1, 0.15) is 0 Å². The summed E-state index contributed by atoms with van der Waals surface area (Å²) in [6.45, 7) is 0. The molecule has 0 saturated carbocycles. The minimum absolute atomic E-state index is 0.726. The highest BCUT2D eigenvalue weighted by atomic mass is 35.5. The Labute approximate surface area is 104 Å². The molecule has 0 N–H and O–H groups in total. The number of ether oxygens (including phenoxy) is 1. The highest BCUT2D eigenvalue weighted by Gasteiger charge is 2.07. The molecule has 0 amide bonds. The van der Waals surface area contributed by atoms with E-state index in [1.165, 1.54) is 0 Å². The van der Waals surface area contributed by atoms with E-state index in [4.69, 9.17) is 16.3 Å². The van der Waals surface area contributed by atoms with Crippen LogP contribution >= 0.6 is 11.6 Å². The summed E-state index contributed by atoms with van der Waals surface area (Å²) >= 11 is 6.41. The van der Waals surface area contributed by atoms with Crippen molar-refractivity contribution in [1.29, 1.82) is 0 Å². The van der Waals surface area contributed by atoms with Gasteiger partial charge < -0.3 is 4.74 Å². The zero-order chi connectivity index (χ0) is 11.8. The van der Waals surface area contributed by atoms with Crippen molar-refractivity contribution in [2.24, 2.45) is 0 Å². The van der Waals surface area contributed by atoms with Crippen LogP contribution in [0.5, 0.6) is 5.75 Å². The summed E-state index contributed by atoms with van der Waals surface area (Å²) in [5, 5.41) is 2.61. The fourth-order valence-electron chi connectivity index (χ4n) is 1.95. The minimum Gasteiger partial charge on any atom is -0.497 e. The third kappa shape index (κ3) is 1.61. The van der Waals surface area contributed by atoms with Crippen molar-refractivity contribution in [2.45, 2.75) is 0 Å². The summed E-state index contributed by atoms with van der Waals surface area (Å²) in [6, 6.07) is 13.6. The minimum atomic E-state index is 0.726. The smallest absolute Gasteiger partial charge is 0.119 e. The molecular formula is C14H10ClNO. The van der Waals surface area contributed by atoms with Crippen LogP contribution in [0.15, 0.2) is 42.5 Å². The zero-order valence-electron chi connectivity index (χ0n) is 9.27. The number of benzene rings is 2. The Hall–Kier alpha value is -1.80. The number of hydrogen-bond donors (Lipinski definition) is 0. The number of halogens is 1. The maximum Gasteiger partial charge on any atom is 0.119 e. The molecule has 0 saturated heterocycles. The number of rotatable bonds is 1. The highest BCUT2D eigenvalue weighted by Crippen LogP contribution is 2.32. The fraction of sp³-hybridized carbons (Fsp3) is 0.0714. The van der Waals surface area contributed by atoms with Crippen LogP contribution in [-0.2, 0) is 0 Å². The molecule has 17 heavy (non-hydrogen) atoms. The van der Waals surface area contributed by atoms with E-state index < -0.39 is 0 Å². The normalized spacial score (nSPS) is 10.9. The van der Waals surface area contributed by atoms with Crippen molar-refractivity contribution < 1.29 is 4.74 Å². The lowest BCUT2D eigenvalue weighted by atomic mass is 10.1. The first-order valence-electron chi connectivity index (χ1n) is 5.31. The lowest BCUT2D eigenvalue weighted by molar-refractivity contribution is 0.415. The molecule has 0 spiro atoms. The van der Waals surface area contributed by atoms with E-state index in [1.807, 2.05) is 42.5 Å². The Kier molecular flexibility index (Phi) is 2.37. The summed E-state index contributed by atoms with van der Waals surface area (Å²) in [7, 11) is 1.64. The lowest BCUT2D eigenvalue weighted by Gasteiger charge is -2.06. The Morgan fingerprint density at radius 1 is 1.00 bits per heavy atom. The van der Waals surface area contributed by atoms with E-state index in [1.54, 1.807) is 7.11 Å². The van der Waals surface area contributed by atoms with Crippen LogP contribution < -0.4 is 4.74 Å². The summed E-state index contributed by atoms with van der Waals surface area (Å²) in [5.41, 5.74) is 1.80. The molecule has 3 rings (SSSR count). The van der Waals surface area contributed by atoms with Crippen LogP contribution in [0.2, 0.25) is 5.02 Å². The Bertz CT molecular complexity index is 709. The van der Waals surface area contributed by atoms with Gasteiger partial charge in [0.25, 0.3) is 0 Å². The van der Waals surface area contributed by atoms with Crippen molar-refractivity contribution in [2.75, 3.05) is 7.11 Å². The molecule has 0 radical (unpaired) electrons. The summed E-state index contributed by atoms with van der Waals surface area (Å²) in [6.07, 6.45) is 0. The van der Waals surface area contributed by atoms with Crippen LogP contribution in [0, 0.1) is 0 Å². The number of pyridine rings is 1. The molecule has 2 aromatic carbocycles. The third-order valence-electron chi connectivity index (χ3n) is 2.82. The van der Waals surface area contributed by atoms with Gasteiger partial charge in [0, 0.05) is 10.8 Å². The SMILES string of the molecule is COc1ccc2nc3ccccc3c(Cl)c2c1. The molecule has 0 unspecified atom stereocenters. The van der Waals surface area contributed by atoms with E-state index in [-0.39, 0.29) is 0 Å². The third-order valence-corrected chi connectivity index (χ3v) is 3.23. The maximum absolute atomic E-state index is 6.41. The van der Waals surface area contributed by atoms with Gasteiger partial charge in [0.15, 0.2) is 0 Å². The average molecular weight is 244 g/mol. The molecule has 3 heteroatoms. The van der Waals surface area contributed by atoms with Gasteiger partial charge in [-0.2, -0.15) is 0 Å². The van der Waals surface area contributed by atoms with Gasteiger partial charge in [-0.25, -0.2) is 4.98 Å². The van der Waals surface area contributed by atoms with Gasteiger partial charge in [-0.05, 0) is 24.3 Å². The van der Waals surface area contributed by atoms with Crippen LogP contribution in [0.3, 0.4) is 0 Å². The number of hydrogen-bond acceptors (Lipinski definition) is 2. The van der Waals surface area contributed by atoms with Crippen molar-refractivity contribution in [1.82, 2.24) is 4.98 Å². The predicted octanol–water partition coefficient (Wildman–Crippen LogP) is 4.05. The number of fused-ring (bicyclic) bond motifs is 2. The zero-order valence-corrected chi connectivity index (χ0v) is 10.0.